The molecule has 2 aliphatic rings. The zero-order chi connectivity index (χ0) is 13.9. The number of likely N-dealkylation sites (tertiary alicyclic amines) is 1. The van der Waals surface area contributed by atoms with Crippen molar-refractivity contribution < 1.29 is 4.74 Å². The van der Waals surface area contributed by atoms with Crippen molar-refractivity contribution >= 4 is 0 Å². The average molecular weight is 274 g/mol. The van der Waals surface area contributed by atoms with E-state index in [1.165, 1.54) is 49.9 Å². The smallest absolute Gasteiger partial charge is 0.119 e. The first-order valence-corrected chi connectivity index (χ1v) is 7.97. The van der Waals surface area contributed by atoms with Gasteiger partial charge in [0.2, 0.25) is 0 Å². The lowest BCUT2D eigenvalue weighted by molar-refractivity contribution is 0.204. The molecule has 2 unspecified atom stereocenters. The van der Waals surface area contributed by atoms with Gasteiger partial charge in [0.1, 0.15) is 5.75 Å². The van der Waals surface area contributed by atoms with Crippen LogP contribution in [-0.4, -0.2) is 37.7 Å². The number of hydrogen-bond donors (Lipinski definition) is 1. The summed E-state index contributed by atoms with van der Waals surface area (Å²) >= 11 is 0. The zero-order valence-electron chi connectivity index (χ0n) is 12.7. The molecule has 1 N–H and O–H groups in total. The third-order valence-electron chi connectivity index (χ3n) is 4.73. The fraction of sp³-hybridized carbons (Fsp3) is 0.647. The summed E-state index contributed by atoms with van der Waals surface area (Å²) in [4.78, 5) is 2.68. The standard InChI is InChI=1S/C17H26N2O/c1-3-8-18-17-15-12-14(20-2)7-6-13(15)11-16(17)19-9-4-5-10-19/h6-7,12,16-18H,3-5,8-11H2,1-2H3. The maximum Gasteiger partial charge on any atom is 0.119 e. The molecular weight excluding hydrogens is 248 g/mol. The van der Waals surface area contributed by atoms with Gasteiger partial charge in [-0.25, -0.2) is 0 Å². The fourth-order valence-corrected chi connectivity index (χ4v) is 3.68. The molecule has 0 radical (unpaired) electrons. The number of nitrogens with one attached hydrogen (secondary N) is 1. The Morgan fingerprint density at radius 1 is 1.30 bits per heavy atom. The molecule has 1 aromatic carbocycles. The molecule has 1 aromatic rings. The van der Waals surface area contributed by atoms with E-state index in [1.807, 2.05) is 0 Å². The molecule has 0 amide bonds. The number of fused-ring (bicyclic) bond motifs is 1. The molecule has 0 spiro atoms. The average Bonchev–Trinajstić information content (AvgIpc) is 3.11. The summed E-state index contributed by atoms with van der Waals surface area (Å²) in [5.74, 6) is 0.981. The molecule has 110 valence electrons. The largest absolute Gasteiger partial charge is 0.497 e. The Balaban J connectivity index is 1.86. The summed E-state index contributed by atoms with van der Waals surface area (Å²) in [6.07, 6.45) is 5.08. The number of nitrogens with zero attached hydrogens (tertiary/aromatic N) is 1. The van der Waals surface area contributed by atoms with Crippen molar-refractivity contribution in [2.24, 2.45) is 0 Å². The Morgan fingerprint density at radius 2 is 2.10 bits per heavy atom. The van der Waals surface area contributed by atoms with Crippen LogP contribution in [0.4, 0.5) is 0 Å². The Kier molecular flexibility index (Phi) is 4.27. The first-order chi connectivity index (χ1) is 9.83. The van der Waals surface area contributed by atoms with Gasteiger partial charge in [0, 0.05) is 12.1 Å². The van der Waals surface area contributed by atoms with Crippen LogP contribution >= 0.6 is 0 Å². The predicted octanol–water partition coefficient (Wildman–Crippen LogP) is 2.76. The quantitative estimate of drug-likeness (QED) is 0.893. The third-order valence-corrected chi connectivity index (χ3v) is 4.73. The maximum absolute atomic E-state index is 5.41. The van der Waals surface area contributed by atoms with Crippen LogP contribution in [0.1, 0.15) is 43.4 Å². The van der Waals surface area contributed by atoms with Crippen LogP contribution in [0.3, 0.4) is 0 Å². The van der Waals surface area contributed by atoms with Crippen molar-refractivity contribution in [1.82, 2.24) is 10.2 Å². The molecule has 0 bridgehead atoms. The lowest BCUT2D eigenvalue weighted by Gasteiger charge is -2.30. The van der Waals surface area contributed by atoms with Crippen molar-refractivity contribution in [2.75, 3.05) is 26.7 Å². The van der Waals surface area contributed by atoms with Crippen molar-refractivity contribution in [3.8, 4) is 5.75 Å². The number of rotatable bonds is 5. The van der Waals surface area contributed by atoms with Gasteiger partial charge in [0.25, 0.3) is 0 Å². The van der Waals surface area contributed by atoms with E-state index in [-0.39, 0.29) is 0 Å². The lowest BCUT2D eigenvalue weighted by atomic mass is 10.1. The van der Waals surface area contributed by atoms with E-state index < -0.39 is 0 Å². The Hall–Kier alpha value is -1.06. The normalized spacial score (nSPS) is 25.9. The Bertz CT molecular complexity index is 454. The van der Waals surface area contributed by atoms with Crippen molar-refractivity contribution in [1.29, 1.82) is 0 Å². The van der Waals surface area contributed by atoms with E-state index in [0.29, 0.717) is 12.1 Å². The highest BCUT2D eigenvalue weighted by molar-refractivity contribution is 5.43. The van der Waals surface area contributed by atoms with E-state index in [4.69, 9.17) is 4.74 Å². The highest BCUT2D eigenvalue weighted by Crippen LogP contribution is 2.37. The number of methoxy groups -OCH3 is 1. The molecule has 1 aliphatic carbocycles. The highest BCUT2D eigenvalue weighted by atomic mass is 16.5. The Morgan fingerprint density at radius 3 is 2.80 bits per heavy atom. The molecular formula is C17H26N2O. The summed E-state index contributed by atoms with van der Waals surface area (Å²) in [5, 5.41) is 3.77. The summed E-state index contributed by atoms with van der Waals surface area (Å²) in [6, 6.07) is 7.69. The number of benzene rings is 1. The second kappa shape index (κ2) is 6.15. The van der Waals surface area contributed by atoms with Crippen LogP contribution in [0.15, 0.2) is 18.2 Å². The number of ether oxygens (including phenoxy) is 1. The molecule has 1 saturated heterocycles. The molecule has 3 heteroatoms. The van der Waals surface area contributed by atoms with Gasteiger partial charge in [0.05, 0.1) is 7.11 Å². The van der Waals surface area contributed by atoms with Crippen molar-refractivity contribution in [2.45, 2.75) is 44.7 Å². The first kappa shape index (κ1) is 13.9. The van der Waals surface area contributed by atoms with E-state index >= 15 is 0 Å². The van der Waals surface area contributed by atoms with Crippen LogP contribution in [0.2, 0.25) is 0 Å². The van der Waals surface area contributed by atoms with Crippen LogP contribution in [-0.2, 0) is 6.42 Å². The molecule has 1 aliphatic heterocycles. The first-order valence-electron chi connectivity index (χ1n) is 7.97. The molecule has 3 rings (SSSR count). The van der Waals surface area contributed by atoms with Gasteiger partial charge in [-0.3, -0.25) is 4.90 Å². The summed E-state index contributed by atoms with van der Waals surface area (Å²) in [7, 11) is 1.75. The second-order valence-electron chi connectivity index (χ2n) is 6.01. The van der Waals surface area contributed by atoms with Crippen molar-refractivity contribution in [3.63, 3.8) is 0 Å². The van der Waals surface area contributed by atoms with Gasteiger partial charge in [-0.15, -0.1) is 0 Å². The van der Waals surface area contributed by atoms with Gasteiger partial charge in [0.15, 0.2) is 0 Å². The molecule has 0 aromatic heterocycles. The van der Waals surface area contributed by atoms with Crippen LogP contribution < -0.4 is 10.1 Å². The van der Waals surface area contributed by atoms with E-state index in [9.17, 15) is 0 Å². The summed E-state index contributed by atoms with van der Waals surface area (Å²) in [5.41, 5.74) is 2.95. The second-order valence-corrected chi connectivity index (χ2v) is 6.01. The zero-order valence-corrected chi connectivity index (χ0v) is 12.7. The molecule has 3 nitrogen and oxygen atoms in total. The van der Waals surface area contributed by atoms with E-state index in [0.717, 1.165) is 12.3 Å². The molecule has 2 atom stereocenters. The topological polar surface area (TPSA) is 24.5 Å². The van der Waals surface area contributed by atoms with E-state index in [2.05, 4.69) is 35.3 Å². The highest BCUT2D eigenvalue weighted by Gasteiger charge is 2.36. The third kappa shape index (κ3) is 2.57. The molecule has 20 heavy (non-hydrogen) atoms. The summed E-state index contributed by atoms with van der Waals surface area (Å²) in [6.45, 7) is 5.85. The fourth-order valence-electron chi connectivity index (χ4n) is 3.68. The number of hydrogen-bond acceptors (Lipinski definition) is 3. The molecule has 1 heterocycles. The monoisotopic (exact) mass is 274 g/mol. The minimum Gasteiger partial charge on any atom is -0.497 e. The van der Waals surface area contributed by atoms with Gasteiger partial charge >= 0.3 is 0 Å². The predicted molar refractivity (Wildman–Crippen MR) is 82.3 cm³/mol. The van der Waals surface area contributed by atoms with Crippen LogP contribution in [0.5, 0.6) is 5.75 Å². The van der Waals surface area contributed by atoms with E-state index in [1.54, 1.807) is 7.11 Å². The summed E-state index contributed by atoms with van der Waals surface area (Å²) < 4.78 is 5.41. The van der Waals surface area contributed by atoms with Crippen LogP contribution in [0, 0.1) is 0 Å². The van der Waals surface area contributed by atoms with Gasteiger partial charge < -0.3 is 10.1 Å². The SMILES string of the molecule is CCCNC1c2cc(OC)ccc2CC1N1CCCC1. The van der Waals surface area contributed by atoms with Crippen LogP contribution in [0.25, 0.3) is 0 Å². The van der Waals surface area contributed by atoms with Gasteiger partial charge in [-0.2, -0.15) is 0 Å². The van der Waals surface area contributed by atoms with Gasteiger partial charge in [-0.05, 0) is 68.6 Å². The Labute approximate surface area is 122 Å². The minimum absolute atomic E-state index is 0.471. The molecule has 1 fully saturated rings. The molecule has 0 saturated carbocycles. The maximum atomic E-state index is 5.41. The van der Waals surface area contributed by atoms with Gasteiger partial charge in [-0.1, -0.05) is 13.0 Å². The minimum atomic E-state index is 0.471. The lowest BCUT2D eigenvalue weighted by Crippen LogP contribution is -2.41. The van der Waals surface area contributed by atoms with Crippen molar-refractivity contribution in [3.05, 3.63) is 29.3 Å².